The summed E-state index contributed by atoms with van der Waals surface area (Å²) in [6.45, 7) is 2.24. The van der Waals surface area contributed by atoms with E-state index in [4.69, 9.17) is 4.52 Å². The van der Waals surface area contributed by atoms with Crippen molar-refractivity contribution in [2.75, 3.05) is 20.1 Å². The molecule has 25 heavy (non-hydrogen) atoms. The van der Waals surface area contributed by atoms with Crippen LogP contribution in [-0.4, -0.2) is 44.9 Å². The minimum atomic E-state index is 0.144. The maximum absolute atomic E-state index is 10.2. The molecule has 1 aromatic carbocycles. The van der Waals surface area contributed by atoms with Gasteiger partial charge >= 0.3 is 0 Å². The van der Waals surface area contributed by atoms with E-state index in [9.17, 15) is 5.11 Å². The average Bonchev–Trinajstić information content (AvgIpc) is 3.29. The number of phenols is 1. The summed E-state index contributed by atoms with van der Waals surface area (Å²) in [7, 11) is 2.16. The summed E-state index contributed by atoms with van der Waals surface area (Å²) >= 11 is 0. The third-order valence-corrected chi connectivity index (χ3v) is 4.89. The summed E-state index contributed by atoms with van der Waals surface area (Å²) in [6, 6.07) is 9.29. The predicted octanol–water partition coefficient (Wildman–Crippen LogP) is 3.12. The van der Waals surface area contributed by atoms with Crippen LogP contribution in [0.4, 0.5) is 0 Å². The maximum Gasteiger partial charge on any atom is 0.261 e. The standard InChI is InChI=1S/C19H22N4O2/c1-22-10-6-14(7-11-22)12-18-20-19(25-21-18)16-13-15(4-5-17(16)24)23-8-2-3-9-23/h2-5,8-9,13-14,24H,6-7,10-12H2,1H3. The molecule has 6 nitrogen and oxygen atoms in total. The van der Waals surface area contributed by atoms with Crippen LogP contribution >= 0.6 is 0 Å². The van der Waals surface area contributed by atoms with Crippen molar-refractivity contribution in [1.29, 1.82) is 0 Å². The van der Waals surface area contributed by atoms with Gasteiger partial charge in [-0.1, -0.05) is 5.16 Å². The Morgan fingerprint density at radius 2 is 1.96 bits per heavy atom. The Hall–Kier alpha value is -2.60. The molecule has 2 aromatic heterocycles. The molecule has 0 radical (unpaired) electrons. The lowest BCUT2D eigenvalue weighted by Crippen LogP contribution is -2.31. The molecule has 1 fully saturated rings. The Labute approximate surface area is 146 Å². The van der Waals surface area contributed by atoms with E-state index in [1.54, 1.807) is 6.07 Å². The summed E-state index contributed by atoms with van der Waals surface area (Å²) in [4.78, 5) is 6.87. The fourth-order valence-electron chi connectivity index (χ4n) is 3.33. The lowest BCUT2D eigenvalue weighted by Gasteiger charge is -2.27. The van der Waals surface area contributed by atoms with Crippen molar-refractivity contribution >= 4 is 0 Å². The molecule has 1 N–H and O–H groups in total. The highest BCUT2D eigenvalue weighted by atomic mass is 16.5. The van der Waals surface area contributed by atoms with Crippen LogP contribution in [0.3, 0.4) is 0 Å². The second-order valence-electron chi connectivity index (χ2n) is 6.76. The number of rotatable bonds is 4. The average molecular weight is 338 g/mol. The number of nitrogens with zero attached hydrogens (tertiary/aromatic N) is 4. The van der Waals surface area contributed by atoms with Crippen LogP contribution in [0.25, 0.3) is 17.1 Å². The SMILES string of the molecule is CN1CCC(Cc2noc(-c3cc(-n4cccc4)ccc3O)n2)CC1. The van der Waals surface area contributed by atoms with Crippen molar-refractivity contribution in [2.45, 2.75) is 19.3 Å². The Kier molecular flexibility index (Phi) is 4.28. The third kappa shape index (κ3) is 3.44. The number of hydrogen-bond donors (Lipinski definition) is 1. The van der Waals surface area contributed by atoms with Gasteiger partial charge in [0.25, 0.3) is 5.89 Å². The first-order valence-electron chi connectivity index (χ1n) is 8.67. The Morgan fingerprint density at radius 1 is 1.20 bits per heavy atom. The molecule has 6 heteroatoms. The zero-order valence-corrected chi connectivity index (χ0v) is 14.3. The van der Waals surface area contributed by atoms with E-state index in [1.165, 1.54) is 0 Å². The van der Waals surface area contributed by atoms with Crippen LogP contribution < -0.4 is 0 Å². The highest BCUT2D eigenvalue weighted by Gasteiger charge is 2.20. The van der Waals surface area contributed by atoms with Crippen molar-refractivity contribution in [3.05, 3.63) is 48.5 Å². The highest BCUT2D eigenvalue weighted by molar-refractivity contribution is 5.65. The quantitative estimate of drug-likeness (QED) is 0.792. The molecular formula is C19H22N4O2. The molecule has 0 saturated carbocycles. The van der Waals surface area contributed by atoms with Gasteiger partial charge in [0.2, 0.25) is 0 Å². The number of aromatic nitrogens is 3. The molecule has 0 atom stereocenters. The molecule has 0 unspecified atom stereocenters. The van der Waals surface area contributed by atoms with Gasteiger partial charge in [-0.2, -0.15) is 4.98 Å². The lowest BCUT2D eigenvalue weighted by molar-refractivity contribution is 0.216. The largest absolute Gasteiger partial charge is 0.507 e. The maximum atomic E-state index is 10.2. The van der Waals surface area contributed by atoms with E-state index in [-0.39, 0.29) is 5.75 Å². The number of piperidine rings is 1. The normalized spacial score (nSPS) is 16.4. The molecule has 0 aliphatic carbocycles. The zero-order valence-electron chi connectivity index (χ0n) is 14.3. The third-order valence-electron chi connectivity index (χ3n) is 4.89. The minimum absolute atomic E-state index is 0.144. The first kappa shape index (κ1) is 15.9. The van der Waals surface area contributed by atoms with Gasteiger partial charge in [0, 0.05) is 24.5 Å². The van der Waals surface area contributed by atoms with E-state index < -0.39 is 0 Å². The second-order valence-corrected chi connectivity index (χ2v) is 6.76. The predicted molar refractivity (Wildman–Crippen MR) is 94.7 cm³/mol. The number of benzene rings is 1. The van der Waals surface area contributed by atoms with Crippen LogP contribution in [0, 0.1) is 5.92 Å². The number of aromatic hydroxyl groups is 1. The first-order chi connectivity index (χ1) is 12.2. The number of phenolic OH excluding ortho intramolecular Hbond substituents is 1. The number of likely N-dealkylation sites (tertiary alicyclic amines) is 1. The van der Waals surface area contributed by atoms with Gasteiger partial charge in [-0.3, -0.25) is 0 Å². The minimum Gasteiger partial charge on any atom is -0.507 e. The lowest BCUT2D eigenvalue weighted by atomic mass is 9.94. The van der Waals surface area contributed by atoms with Crippen LogP contribution in [0.2, 0.25) is 0 Å². The molecule has 4 rings (SSSR count). The molecule has 3 aromatic rings. The topological polar surface area (TPSA) is 67.3 Å². The summed E-state index contributed by atoms with van der Waals surface area (Å²) in [5.74, 6) is 1.83. The molecule has 1 saturated heterocycles. The van der Waals surface area contributed by atoms with E-state index in [0.717, 1.165) is 43.9 Å². The summed E-state index contributed by atoms with van der Waals surface area (Å²) < 4.78 is 7.40. The summed E-state index contributed by atoms with van der Waals surface area (Å²) in [5, 5.41) is 14.3. The second kappa shape index (κ2) is 6.72. The molecule has 0 amide bonds. The molecule has 0 spiro atoms. The molecule has 130 valence electrons. The summed E-state index contributed by atoms with van der Waals surface area (Å²) in [5.41, 5.74) is 1.50. The van der Waals surface area contributed by atoms with Crippen molar-refractivity contribution in [1.82, 2.24) is 19.6 Å². The van der Waals surface area contributed by atoms with Crippen LogP contribution in [0.5, 0.6) is 5.75 Å². The fourth-order valence-corrected chi connectivity index (χ4v) is 3.33. The Bertz CT molecular complexity index is 833. The van der Waals surface area contributed by atoms with Gasteiger partial charge in [0.15, 0.2) is 5.82 Å². The van der Waals surface area contributed by atoms with Gasteiger partial charge in [-0.15, -0.1) is 0 Å². The van der Waals surface area contributed by atoms with Gasteiger partial charge < -0.3 is 19.1 Å². The van der Waals surface area contributed by atoms with Crippen LogP contribution in [-0.2, 0) is 6.42 Å². The van der Waals surface area contributed by atoms with E-state index in [0.29, 0.717) is 17.4 Å². The van der Waals surface area contributed by atoms with Gasteiger partial charge in [-0.25, -0.2) is 0 Å². The van der Waals surface area contributed by atoms with Crippen LogP contribution in [0.1, 0.15) is 18.7 Å². The molecular weight excluding hydrogens is 316 g/mol. The van der Waals surface area contributed by atoms with Crippen molar-refractivity contribution in [2.24, 2.45) is 5.92 Å². The van der Waals surface area contributed by atoms with Crippen molar-refractivity contribution in [3.63, 3.8) is 0 Å². The summed E-state index contributed by atoms with van der Waals surface area (Å²) in [6.07, 6.45) is 7.06. The molecule has 1 aliphatic rings. The zero-order chi connectivity index (χ0) is 17.2. The first-order valence-corrected chi connectivity index (χ1v) is 8.67. The highest BCUT2D eigenvalue weighted by Crippen LogP contribution is 2.30. The molecule has 0 bridgehead atoms. The Morgan fingerprint density at radius 3 is 2.72 bits per heavy atom. The van der Waals surface area contributed by atoms with E-state index in [2.05, 4.69) is 22.1 Å². The van der Waals surface area contributed by atoms with E-state index >= 15 is 0 Å². The van der Waals surface area contributed by atoms with E-state index in [1.807, 2.05) is 41.2 Å². The molecule has 1 aliphatic heterocycles. The van der Waals surface area contributed by atoms with Crippen LogP contribution in [0.15, 0.2) is 47.2 Å². The Balaban J connectivity index is 1.54. The van der Waals surface area contributed by atoms with Gasteiger partial charge in [-0.05, 0) is 69.2 Å². The van der Waals surface area contributed by atoms with Crippen molar-refractivity contribution in [3.8, 4) is 22.9 Å². The molecule has 3 heterocycles. The fraction of sp³-hybridized carbons (Fsp3) is 0.368. The smallest absolute Gasteiger partial charge is 0.261 e. The van der Waals surface area contributed by atoms with Crippen molar-refractivity contribution < 1.29 is 9.63 Å². The van der Waals surface area contributed by atoms with Gasteiger partial charge in [0.1, 0.15) is 5.75 Å². The van der Waals surface area contributed by atoms with Gasteiger partial charge in [0.05, 0.1) is 5.56 Å². The number of hydrogen-bond acceptors (Lipinski definition) is 5. The monoisotopic (exact) mass is 338 g/mol.